The van der Waals surface area contributed by atoms with Gasteiger partial charge in [0.05, 0.1) is 10.6 Å². The third kappa shape index (κ3) is 4.74. The highest BCUT2D eigenvalue weighted by Gasteiger charge is 2.20. The predicted octanol–water partition coefficient (Wildman–Crippen LogP) is 4.72. The fourth-order valence-corrected chi connectivity index (χ4v) is 5.02. The minimum absolute atomic E-state index is 0.0280. The summed E-state index contributed by atoms with van der Waals surface area (Å²) < 4.78 is 27.6. The molecule has 27 heavy (non-hydrogen) atoms. The van der Waals surface area contributed by atoms with Crippen LogP contribution in [0.5, 0.6) is 0 Å². The summed E-state index contributed by atoms with van der Waals surface area (Å²) in [4.78, 5) is 16.6. The Morgan fingerprint density at radius 3 is 2.63 bits per heavy atom. The average molecular weight is 421 g/mol. The van der Waals surface area contributed by atoms with Crippen molar-refractivity contribution in [2.45, 2.75) is 24.7 Å². The molecule has 0 amide bonds. The maximum absolute atomic E-state index is 12.6. The molecule has 1 aromatic heterocycles. The number of carbonyl (C=O) groups is 1. The smallest absolute Gasteiger partial charge is 0.263 e. The van der Waals surface area contributed by atoms with Crippen LogP contribution in [-0.4, -0.2) is 19.2 Å². The van der Waals surface area contributed by atoms with E-state index in [1.54, 1.807) is 36.6 Å². The van der Waals surface area contributed by atoms with Crippen LogP contribution in [0.1, 0.15) is 28.0 Å². The molecule has 2 aromatic carbocycles. The minimum atomic E-state index is -3.78. The van der Waals surface area contributed by atoms with Crippen molar-refractivity contribution in [3.63, 3.8) is 0 Å². The molecule has 0 aliphatic carbocycles. The molecule has 0 fully saturated rings. The molecule has 0 atom stereocenters. The first kappa shape index (κ1) is 19.5. The molecular weight excluding hydrogens is 404 g/mol. The molecule has 8 heteroatoms. The fourth-order valence-electron chi connectivity index (χ4n) is 2.53. The van der Waals surface area contributed by atoms with Gasteiger partial charge in [0, 0.05) is 22.4 Å². The first-order valence-electron chi connectivity index (χ1n) is 8.17. The van der Waals surface area contributed by atoms with Crippen LogP contribution in [0.4, 0.5) is 5.13 Å². The lowest BCUT2D eigenvalue weighted by Gasteiger charge is -2.09. The van der Waals surface area contributed by atoms with Crippen LogP contribution in [0, 0.1) is 6.92 Å². The van der Waals surface area contributed by atoms with Crippen molar-refractivity contribution < 1.29 is 13.2 Å². The van der Waals surface area contributed by atoms with E-state index in [2.05, 4.69) is 9.71 Å². The zero-order valence-corrected chi connectivity index (χ0v) is 16.9. The highest BCUT2D eigenvalue weighted by molar-refractivity contribution is 7.93. The topological polar surface area (TPSA) is 76.1 Å². The standard InChI is InChI=1S/C19H17ClN2O3S2/c1-13-16(20)8-5-9-18(13)27(24,25)22-19-21-15(12-26-19)10-11-17(23)14-6-3-2-4-7-14/h2-9,12H,10-11H2,1H3,(H,21,22). The van der Waals surface area contributed by atoms with Gasteiger partial charge < -0.3 is 0 Å². The van der Waals surface area contributed by atoms with Crippen molar-refractivity contribution in [2.75, 3.05) is 4.72 Å². The molecule has 1 heterocycles. The monoisotopic (exact) mass is 420 g/mol. The molecule has 0 radical (unpaired) electrons. The van der Waals surface area contributed by atoms with E-state index in [1.165, 1.54) is 17.4 Å². The van der Waals surface area contributed by atoms with Gasteiger partial charge in [-0.15, -0.1) is 11.3 Å². The van der Waals surface area contributed by atoms with E-state index in [0.717, 1.165) is 0 Å². The number of benzene rings is 2. The SMILES string of the molecule is Cc1c(Cl)cccc1S(=O)(=O)Nc1nc(CCC(=O)c2ccccc2)cs1. The van der Waals surface area contributed by atoms with Crippen molar-refractivity contribution in [3.05, 3.63) is 75.8 Å². The Hall–Kier alpha value is -2.22. The van der Waals surface area contributed by atoms with Gasteiger partial charge in [0.1, 0.15) is 0 Å². The maximum atomic E-state index is 12.6. The number of sulfonamides is 1. The van der Waals surface area contributed by atoms with Gasteiger partial charge in [-0.3, -0.25) is 9.52 Å². The van der Waals surface area contributed by atoms with Gasteiger partial charge in [-0.1, -0.05) is 48.0 Å². The number of anilines is 1. The number of nitrogens with zero attached hydrogens (tertiary/aromatic N) is 1. The molecule has 0 saturated heterocycles. The number of thiazole rings is 1. The van der Waals surface area contributed by atoms with Gasteiger partial charge in [0.2, 0.25) is 0 Å². The molecule has 1 N–H and O–H groups in total. The Bertz CT molecular complexity index is 1060. The molecule has 3 rings (SSSR count). The molecule has 0 spiro atoms. The molecule has 0 saturated carbocycles. The van der Waals surface area contributed by atoms with Crippen molar-refractivity contribution in [3.8, 4) is 0 Å². The highest BCUT2D eigenvalue weighted by Crippen LogP contribution is 2.26. The van der Waals surface area contributed by atoms with E-state index >= 15 is 0 Å². The number of hydrogen-bond acceptors (Lipinski definition) is 5. The van der Waals surface area contributed by atoms with E-state index in [1.807, 2.05) is 18.2 Å². The Labute approximate surface area is 167 Å². The molecule has 5 nitrogen and oxygen atoms in total. The first-order chi connectivity index (χ1) is 12.9. The Morgan fingerprint density at radius 2 is 1.89 bits per heavy atom. The third-order valence-corrected chi connectivity index (χ3v) is 6.81. The molecule has 140 valence electrons. The number of ketones is 1. The number of aromatic nitrogens is 1. The Balaban J connectivity index is 1.67. The number of halogens is 1. The van der Waals surface area contributed by atoms with E-state index in [-0.39, 0.29) is 15.8 Å². The van der Waals surface area contributed by atoms with E-state index in [0.29, 0.717) is 34.7 Å². The normalized spacial score (nSPS) is 11.3. The quantitative estimate of drug-likeness (QED) is 0.561. The van der Waals surface area contributed by atoms with Crippen molar-refractivity contribution in [1.29, 1.82) is 0 Å². The number of carbonyl (C=O) groups excluding carboxylic acids is 1. The molecule has 0 aliphatic rings. The number of aryl methyl sites for hydroxylation is 1. The zero-order valence-electron chi connectivity index (χ0n) is 14.5. The second-order valence-corrected chi connectivity index (χ2v) is 8.82. The van der Waals surface area contributed by atoms with Crippen molar-refractivity contribution >= 4 is 43.9 Å². The lowest BCUT2D eigenvalue weighted by atomic mass is 10.1. The van der Waals surface area contributed by atoms with Crippen LogP contribution in [-0.2, 0) is 16.4 Å². The predicted molar refractivity (Wildman–Crippen MR) is 108 cm³/mol. The lowest BCUT2D eigenvalue weighted by Crippen LogP contribution is -2.14. The fraction of sp³-hybridized carbons (Fsp3) is 0.158. The van der Waals surface area contributed by atoms with Crippen LogP contribution in [0.3, 0.4) is 0 Å². The summed E-state index contributed by atoms with van der Waals surface area (Å²) in [5, 5.41) is 2.40. The van der Waals surface area contributed by atoms with Gasteiger partial charge in [-0.2, -0.15) is 0 Å². The summed E-state index contributed by atoms with van der Waals surface area (Å²) in [6.45, 7) is 1.65. The van der Waals surface area contributed by atoms with Crippen LogP contribution >= 0.6 is 22.9 Å². The minimum Gasteiger partial charge on any atom is -0.294 e. The highest BCUT2D eigenvalue weighted by atomic mass is 35.5. The summed E-state index contributed by atoms with van der Waals surface area (Å²) in [5.41, 5.74) is 1.81. The van der Waals surface area contributed by atoms with Crippen LogP contribution in [0.2, 0.25) is 5.02 Å². The largest absolute Gasteiger partial charge is 0.294 e. The van der Waals surface area contributed by atoms with Gasteiger partial charge in [-0.05, 0) is 31.0 Å². The summed E-state index contributed by atoms with van der Waals surface area (Å²) >= 11 is 7.19. The number of hydrogen-bond donors (Lipinski definition) is 1. The number of nitrogens with one attached hydrogen (secondary N) is 1. The van der Waals surface area contributed by atoms with E-state index in [9.17, 15) is 13.2 Å². The van der Waals surface area contributed by atoms with Crippen LogP contribution in [0.25, 0.3) is 0 Å². The second kappa shape index (κ2) is 8.21. The lowest BCUT2D eigenvalue weighted by molar-refractivity contribution is 0.0982. The van der Waals surface area contributed by atoms with Crippen molar-refractivity contribution in [1.82, 2.24) is 4.98 Å². The third-order valence-electron chi connectivity index (χ3n) is 3.98. The first-order valence-corrected chi connectivity index (χ1v) is 10.9. The summed E-state index contributed by atoms with van der Waals surface area (Å²) in [6, 6.07) is 13.8. The second-order valence-electron chi connectivity index (χ2n) is 5.90. The zero-order chi connectivity index (χ0) is 19.4. The number of Topliss-reactive ketones (excluding diaryl/α,β-unsaturated/α-hetero) is 1. The maximum Gasteiger partial charge on any atom is 0.263 e. The molecule has 3 aromatic rings. The Morgan fingerprint density at radius 1 is 1.15 bits per heavy atom. The summed E-state index contributed by atoms with van der Waals surface area (Å²) in [7, 11) is -3.78. The van der Waals surface area contributed by atoms with Gasteiger partial charge in [-0.25, -0.2) is 13.4 Å². The van der Waals surface area contributed by atoms with Gasteiger partial charge >= 0.3 is 0 Å². The van der Waals surface area contributed by atoms with Crippen molar-refractivity contribution in [2.24, 2.45) is 0 Å². The number of rotatable bonds is 7. The van der Waals surface area contributed by atoms with E-state index < -0.39 is 10.0 Å². The van der Waals surface area contributed by atoms with Crippen LogP contribution in [0.15, 0.2) is 58.8 Å². The molecule has 0 aliphatic heterocycles. The molecular formula is C19H17ClN2O3S2. The average Bonchev–Trinajstić information content (AvgIpc) is 3.09. The van der Waals surface area contributed by atoms with Gasteiger partial charge in [0.25, 0.3) is 10.0 Å². The Kier molecular flexibility index (Phi) is 5.94. The molecule has 0 bridgehead atoms. The molecule has 0 unspecified atom stereocenters. The van der Waals surface area contributed by atoms with Gasteiger partial charge in [0.15, 0.2) is 10.9 Å². The van der Waals surface area contributed by atoms with Crippen LogP contribution < -0.4 is 4.72 Å². The van der Waals surface area contributed by atoms with E-state index in [4.69, 9.17) is 11.6 Å². The summed E-state index contributed by atoms with van der Waals surface area (Å²) in [6.07, 6.45) is 0.759. The summed E-state index contributed by atoms with van der Waals surface area (Å²) in [5.74, 6) is 0.0280.